The molecular formula is C16H25N3O2. The average molecular weight is 291 g/mol. The number of nitrogens with zero attached hydrogens (tertiary/aromatic N) is 2. The van der Waals surface area contributed by atoms with Crippen LogP contribution in [-0.4, -0.2) is 61.6 Å². The van der Waals surface area contributed by atoms with Crippen LogP contribution in [0.2, 0.25) is 0 Å². The molecule has 0 bridgehead atoms. The van der Waals surface area contributed by atoms with Gasteiger partial charge in [-0.25, -0.2) is 0 Å². The Kier molecular flexibility index (Phi) is 5.73. The lowest BCUT2D eigenvalue weighted by Crippen LogP contribution is -2.49. The topological polar surface area (TPSA) is 58.8 Å². The largest absolute Gasteiger partial charge is 0.374 e. The van der Waals surface area contributed by atoms with Crippen molar-refractivity contribution in [2.45, 2.75) is 19.6 Å². The number of morpholine rings is 1. The number of rotatable bonds is 5. The molecule has 0 radical (unpaired) electrons. The van der Waals surface area contributed by atoms with Crippen LogP contribution in [0.3, 0.4) is 0 Å². The Morgan fingerprint density at radius 2 is 2.14 bits per heavy atom. The second-order valence-corrected chi connectivity index (χ2v) is 5.70. The van der Waals surface area contributed by atoms with Gasteiger partial charge in [-0.2, -0.15) is 0 Å². The van der Waals surface area contributed by atoms with Gasteiger partial charge < -0.3 is 15.4 Å². The molecule has 1 aliphatic rings. The molecule has 1 fully saturated rings. The number of likely N-dealkylation sites (N-methyl/N-ethyl adjacent to an activating group) is 1. The van der Waals surface area contributed by atoms with E-state index in [1.54, 1.807) is 4.90 Å². The number of amides is 1. The smallest absolute Gasteiger partial charge is 0.236 e. The second-order valence-electron chi connectivity index (χ2n) is 5.70. The van der Waals surface area contributed by atoms with Gasteiger partial charge in [-0.1, -0.05) is 29.8 Å². The zero-order chi connectivity index (χ0) is 15.2. The van der Waals surface area contributed by atoms with Crippen LogP contribution in [0.4, 0.5) is 0 Å². The predicted molar refractivity (Wildman–Crippen MR) is 82.9 cm³/mol. The molecule has 1 unspecified atom stereocenters. The zero-order valence-electron chi connectivity index (χ0n) is 12.9. The molecule has 5 heteroatoms. The van der Waals surface area contributed by atoms with Crippen molar-refractivity contribution in [2.24, 2.45) is 5.73 Å². The Labute approximate surface area is 126 Å². The van der Waals surface area contributed by atoms with E-state index in [1.807, 2.05) is 7.05 Å². The first-order valence-corrected chi connectivity index (χ1v) is 7.42. The Morgan fingerprint density at radius 3 is 2.81 bits per heavy atom. The van der Waals surface area contributed by atoms with Gasteiger partial charge in [0.05, 0.1) is 19.3 Å². The molecule has 1 aromatic carbocycles. The van der Waals surface area contributed by atoms with Crippen molar-refractivity contribution in [3.05, 3.63) is 35.4 Å². The van der Waals surface area contributed by atoms with E-state index in [0.717, 1.165) is 18.7 Å². The number of hydrogen-bond acceptors (Lipinski definition) is 4. The maximum Gasteiger partial charge on any atom is 0.236 e. The van der Waals surface area contributed by atoms with Gasteiger partial charge in [0.1, 0.15) is 0 Å². The van der Waals surface area contributed by atoms with Gasteiger partial charge >= 0.3 is 0 Å². The third kappa shape index (κ3) is 4.81. The minimum atomic E-state index is 0.0500. The fraction of sp³-hybridized carbons (Fsp3) is 0.562. The van der Waals surface area contributed by atoms with E-state index in [4.69, 9.17) is 10.5 Å². The summed E-state index contributed by atoms with van der Waals surface area (Å²) in [5.41, 5.74) is 8.01. The van der Waals surface area contributed by atoms with Crippen molar-refractivity contribution in [3.63, 3.8) is 0 Å². The molecule has 5 nitrogen and oxygen atoms in total. The number of nitrogens with two attached hydrogens (primary N) is 1. The zero-order valence-corrected chi connectivity index (χ0v) is 12.9. The molecule has 1 atom stereocenters. The van der Waals surface area contributed by atoms with Crippen LogP contribution in [-0.2, 0) is 16.1 Å². The van der Waals surface area contributed by atoms with Crippen LogP contribution in [0.25, 0.3) is 0 Å². The summed E-state index contributed by atoms with van der Waals surface area (Å²) < 4.78 is 5.51. The summed E-state index contributed by atoms with van der Waals surface area (Å²) in [4.78, 5) is 16.2. The average Bonchev–Trinajstić information content (AvgIpc) is 2.49. The van der Waals surface area contributed by atoms with Gasteiger partial charge in [-0.15, -0.1) is 0 Å². The highest BCUT2D eigenvalue weighted by molar-refractivity contribution is 5.78. The summed E-state index contributed by atoms with van der Waals surface area (Å²) in [6, 6.07) is 8.28. The summed E-state index contributed by atoms with van der Waals surface area (Å²) in [6.45, 7) is 5.82. The van der Waals surface area contributed by atoms with Gasteiger partial charge in [0.25, 0.3) is 0 Å². The quantitative estimate of drug-likeness (QED) is 0.864. The normalized spacial score (nSPS) is 19.5. The molecule has 116 valence electrons. The van der Waals surface area contributed by atoms with Gasteiger partial charge in [-0.05, 0) is 12.5 Å². The molecule has 2 N–H and O–H groups in total. The van der Waals surface area contributed by atoms with Crippen LogP contribution in [0, 0.1) is 6.92 Å². The molecule has 0 aromatic heterocycles. The van der Waals surface area contributed by atoms with E-state index in [2.05, 4.69) is 36.1 Å². The lowest BCUT2D eigenvalue weighted by atomic mass is 10.1. The Bertz CT molecular complexity index is 461. The molecule has 1 aromatic rings. The van der Waals surface area contributed by atoms with Crippen LogP contribution in [0.1, 0.15) is 11.1 Å². The summed E-state index contributed by atoms with van der Waals surface area (Å²) in [7, 11) is 1.85. The van der Waals surface area contributed by atoms with Gasteiger partial charge in [0.2, 0.25) is 5.91 Å². The lowest BCUT2D eigenvalue weighted by molar-refractivity contribution is -0.133. The van der Waals surface area contributed by atoms with E-state index in [1.165, 1.54) is 5.56 Å². The van der Waals surface area contributed by atoms with E-state index in [0.29, 0.717) is 26.2 Å². The van der Waals surface area contributed by atoms with E-state index in [9.17, 15) is 4.79 Å². The first-order chi connectivity index (χ1) is 10.1. The van der Waals surface area contributed by atoms with Gasteiger partial charge in [0.15, 0.2) is 0 Å². The molecule has 0 saturated carbocycles. The lowest BCUT2D eigenvalue weighted by Gasteiger charge is -2.32. The third-order valence-corrected chi connectivity index (χ3v) is 3.81. The van der Waals surface area contributed by atoms with E-state index >= 15 is 0 Å². The minimum Gasteiger partial charge on any atom is -0.374 e. The molecule has 1 heterocycles. The fourth-order valence-electron chi connectivity index (χ4n) is 2.43. The third-order valence-electron chi connectivity index (χ3n) is 3.81. The maximum atomic E-state index is 12.3. The molecule has 2 rings (SSSR count). The van der Waals surface area contributed by atoms with Crippen LogP contribution >= 0.6 is 0 Å². The first kappa shape index (κ1) is 15.9. The number of hydrogen-bond donors (Lipinski definition) is 1. The molecule has 0 spiro atoms. The summed E-state index contributed by atoms with van der Waals surface area (Å²) >= 11 is 0. The van der Waals surface area contributed by atoms with Crippen molar-refractivity contribution >= 4 is 5.91 Å². The van der Waals surface area contributed by atoms with Crippen molar-refractivity contribution in [2.75, 3.05) is 39.8 Å². The number of carbonyl (C=O) groups excluding carboxylic acids is 1. The number of ether oxygens (including phenoxy) is 1. The predicted octanol–water partition coefficient (Wildman–Crippen LogP) is 0.613. The van der Waals surface area contributed by atoms with Gasteiger partial charge in [0, 0.05) is 33.2 Å². The van der Waals surface area contributed by atoms with Crippen molar-refractivity contribution in [3.8, 4) is 0 Å². The maximum absolute atomic E-state index is 12.3. The Morgan fingerprint density at radius 1 is 1.43 bits per heavy atom. The molecule has 1 amide bonds. The summed E-state index contributed by atoms with van der Waals surface area (Å²) in [5, 5.41) is 0. The monoisotopic (exact) mass is 291 g/mol. The highest BCUT2D eigenvalue weighted by atomic mass is 16.5. The number of carbonyl (C=O) groups is 1. The number of aryl methyl sites for hydroxylation is 1. The minimum absolute atomic E-state index is 0.0500. The SMILES string of the molecule is Cc1ccc(CN(C)C(=O)CN2CCOC(CN)C2)cc1. The summed E-state index contributed by atoms with van der Waals surface area (Å²) in [5.74, 6) is 0.133. The molecular weight excluding hydrogens is 266 g/mol. The molecule has 1 saturated heterocycles. The molecule has 1 aliphatic heterocycles. The van der Waals surface area contributed by atoms with Crippen molar-refractivity contribution < 1.29 is 9.53 Å². The van der Waals surface area contributed by atoms with Crippen LogP contribution < -0.4 is 5.73 Å². The van der Waals surface area contributed by atoms with Crippen molar-refractivity contribution in [1.82, 2.24) is 9.80 Å². The highest BCUT2D eigenvalue weighted by Crippen LogP contribution is 2.08. The Balaban J connectivity index is 1.83. The highest BCUT2D eigenvalue weighted by Gasteiger charge is 2.22. The van der Waals surface area contributed by atoms with Crippen molar-refractivity contribution in [1.29, 1.82) is 0 Å². The molecule has 0 aliphatic carbocycles. The number of benzene rings is 1. The van der Waals surface area contributed by atoms with Crippen LogP contribution in [0.15, 0.2) is 24.3 Å². The van der Waals surface area contributed by atoms with Gasteiger partial charge in [-0.3, -0.25) is 9.69 Å². The molecule has 21 heavy (non-hydrogen) atoms. The van der Waals surface area contributed by atoms with E-state index < -0.39 is 0 Å². The second kappa shape index (κ2) is 7.54. The van der Waals surface area contributed by atoms with E-state index in [-0.39, 0.29) is 12.0 Å². The first-order valence-electron chi connectivity index (χ1n) is 7.42. The fourth-order valence-corrected chi connectivity index (χ4v) is 2.43. The standard InChI is InChI=1S/C16H25N3O2/c1-13-3-5-14(6-4-13)10-18(2)16(20)12-19-7-8-21-15(9-17)11-19/h3-6,15H,7-12,17H2,1-2H3. The Hall–Kier alpha value is -1.43. The summed E-state index contributed by atoms with van der Waals surface area (Å²) in [6.07, 6.45) is 0.0500. The van der Waals surface area contributed by atoms with Crippen LogP contribution in [0.5, 0.6) is 0 Å².